The zero-order valence-corrected chi connectivity index (χ0v) is 10.7. The second kappa shape index (κ2) is 5.53. The molecule has 3 unspecified atom stereocenters. The fourth-order valence-corrected chi connectivity index (χ4v) is 2.14. The molecule has 1 rings (SSSR count). The van der Waals surface area contributed by atoms with Gasteiger partial charge >= 0.3 is 0 Å². The first-order chi connectivity index (χ1) is 7.00. The molecular formula is C14H24O. The molecule has 0 fully saturated rings. The average Bonchev–Trinajstić information content (AvgIpc) is 2.13. The normalized spacial score (nSPS) is 32.4. The molecule has 0 N–H and O–H groups in total. The van der Waals surface area contributed by atoms with Crippen LogP contribution < -0.4 is 0 Å². The minimum Gasteiger partial charge on any atom is -0.375 e. The standard InChI is InChI=1S/C14H24O/c1-10(2)15-14-8-6-7-11(3)12(4)9-13(14)5/h6,10,12-14H,8-9H2,1-5H3. The molecule has 0 aromatic heterocycles. The Hall–Kier alpha value is -0.520. The molecule has 0 aromatic carbocycles. The van der Waals surface area contributed by atoms with Crippen LogP contribution >= 0.6 is 0 Å². The quantitative estimate of drug-likeness (QED) is 0.624. The third-order valence-corrected chi connectivity index (χ3v) is 3.23. The topological polar surface area (TPSA) is 9.23 Å². The van der Waals surface area contributed by atoms with Crippen LogP contribution in [-0.2, 0) is 4.74 Å². The summed E-state index contributed by atoms with van der Waals surface area (Å²) >= 11 is 0. The van der Waals surface area contributed by atoms with Crippen molar-refractivity contribution >= 4 is 0 Å². The lowest BCUT2D eigenvalue weighted by Gasteiger charge is -2.28. The minimum atomic E-state index is 0.325. The highest BCUT2D eigenvalue weighted by atomic mass is 16.5. The first-order valence-corrected chi connectivity index (χ1v) is 6.07. The van der Waals surface area contributed by atoms with Crippen molar-refractivity contribution in [1.82, 2.24) is 0 Å². The van der Waals surface area contributed by atoms with E-state index in [-0.39, 0.29) is 0 Å². The highest BCUT2D eigenvalue weighted by molar-refractivity contribution is 5.05. The van der Waals surface area contributed by atoms with E-state index in [0.29, 0.717) is 24.0 Å². The van der Waals surface area contributed by atoms with Gasteiger partial charge in [-0.15, -0.1) is 5.73 Å². The molecule has 86 valence electrons. The molecule has 1 heteroatoms. The summed E-state index contributed by atoms with van der Waals surface area (Å²) in [6.45, 7) is 11.0. The maximum atomic E-state index is 5.94. The summed E-state index contributed by atoms with van der Waals surface area (Å²) in [7, 11) is 0. The van der Waals surface area contributed by atoms with Crippen LogP contribution in [0.4, 0.5) is 0 Å². The van der Waals surface area contributed by atoms with Gasteiger partial charge in [0.1, 0.15) is 0 Å². The number of hydrogen-bond acceptors (Lipinski definition) is 1. The lowest BCUT2D eigenvalue weighted by Crippen LogP contribution is -2.27. The molecule has 3 atom stereocenters. The third kappa shape index (κ3) is 3.85. The van der Waals surface area contributed by atoms with Crippen LogP contribution in [0.1, 0.15) is 47.5 Å². The average molecular weight is 208 g/mol. The summed E-state index contributed by atoms with van der Waals surface area (Å²) in [5.74, 6) is 1.27. The van der Waals surface area contributed by atoms with E-state index >= 15 is 0 Å². The summed E-state index contributed by atoms with van der Waals surface area (Å²) in [5.41, 5.74) is 4.75. The number of ether oxygens (including phenoxy) is 1. The van der Waals surface area contributed by atoms with Gasteiger partial charge in [0.05, 0.1) is 12.2 Å². The van der Waals surface area contributed by atoms with Gasteiger partial charge in [-0.05, 0) is 57.1 Å². The second-order valence-electron chi connectivity index (χ2n) is 5.10. The Bertz CT molecular complexity index is 259. The predicted octanol–water partition coefficient (Wildman–Crippen LogP) is 3.95. The predicted molar refractivity (Wildman–Crippen MR) is 64.8 cm³/mol. The number of hydrogen-bond donors (Lipinski definition) is 0. The van der Waals surface area contributed by atoms with Crippen LogP contribution in [0.5, 0.6) is 0 Å². The van der Waals surface area contributed by atoms with Gasteiger partial charge in [0.25, 0.3) is 0 Å². The van der Waals surface area contributed by atoms with Crippen molar-refractivity contribution < 1.29 is 4.74 Å². The Morgan fingerprint density at radius 2 is 2.07 bits per heavy atom. The molecule has 0 aliphatic heterocycles. The molecule has 0 amide bonds. The molecule has 0 aromatic rings. The van der Waals surface area contributed by atoms with Crippen LogP contribution in [0.15, 0.2) is 17.4 Å². The monoisotopic (exact) mass is 208 g/mol. The van der Waals surface area contributed by atoms with E-state index in [1.807, 2.05) is 0 Å². The fourth-order valence-electron chi connectivity index (χ4n) is 2.14. The Balaban J connectivity index is 2.72. The van der Waals surface area contributed by atoms with Gasteiger partial charge in [0.2, 0.25) is 0 Å². The van der Waals surface area contributed by atoms with Gasteiger partial charge in [-0.1, -0.05) is 13.8 Å². The summed E-state index contributed by atoms with van der Waals surface area (Å²) in [6.07, 6.45) is 5.06. The molecule has 0 saturated heterocycles. The van der Waals surface area contributed by atoms with Crippen molar-refractivity contribution in [1.29, 1.82) is 0 Å². The maximum Gasteiger partial charge on any atom is 0.0644 e. The van der Waals surface area contributed by atoms with Crippen molar-refractivity contribution in [3.63, 3.8) is 0 Å². The van der Waals surface area contributed by atoms with E-state index in [4.69, 9.17) is 4.74 Å². The van der Waals surface area contributed by atoms with E-state index in [1.54, 1.807) is 0 Å². The highest BCUT2D eigenvalue weighted by Crippen LogP contribution is 2.26. The van der Waals surface area contributed by atoms with Gasteiger partial charge in [-0.3, -0.25) is 0 Å². The summed E-state index contributed by atoms with van der Waals surface area (Å²) in [5, 5.41) is 0. The van der Waals surface area contributed by atoms with Crippen molar-refractivity contribution in [2.75, 3.05) is 0 Å². The van der Waals surface area contributed by atoms with Gasteiger partial charge < -0.3 is 4.74 Å². The van der Waals surface area contributed by atoms with E-state index in [0.717, 1.165) is 6.42 Å². The highest BCUT2D eigenvalue weighted by Gasteiger charge is 2.22. The van der Waals surface area contributed by atoms with Crippen LogP contribution in [0.3, 0.4) is 0 Å². The van der Waals surface area contributed by atoms with E-state index < -0.39 is 0 Å². The molecule has 0 saturated carbocycles. The lowest BCUT2D eigenvalue weighted by atomic mass is 9.86. The van der Waals surface area contributed by atoms with Crippen molar-refractivity contribution in [2.45, 2.75) is 59.7 Å². The Morgan fingerprint density at radius 1 is 1.40 bits per heavy atom. The van der Waals surface area contributed by atoms with Gasteiger partial charge in [-0.2, -0.15) is 0 Å². The zero-order chi connectivity index (χ0) is 11.4. The molecule has 1 nitrogen and oxygen atoms in total. The molecule has 0 radical (unpaired) electrons. The zero-order valence-electron chi connectivity index (χ0n) is 10.7. The van der Waals surface area contributed by atoms with Crippen LogP contribution in [0.25, 0.3) is 0 Å². The first-order valence-electron chi connectivity index (χ1n) is 6.07. The molecule has 1 aliphatic carbocycles. The first kappa shape index (κ1) is 12.5. The van der Waals surface area contributed by atoms with Crippen LogP contribution in [0.2, 0.25) is 0 Å². The third-order valence-electron chi connectivity index (χ3n) is 3.23. The molecule has 0 heterocycles. The maximum absolute atomic E-state index is 5.94. The van der Waals surface area contributed by atoms with Crippen LogP contribution in [-0.4, -0.2) is 12.2 Å². The SMILES string of the molecule is CC1=C=CCC(OC(C)C)C(C)CC1C. The fraction of sp³-hybridized carbons (Fsp3) is 0.786. The molecule has 0 bridgehead atoms. The Morgan fingerprint density at radius 3 is 2.67 bits per heavy atom. The second-order valence-corrected chi connectivity index (χ2v) is 5.10. The Labute approximate surface area is 94.2 Å². The van der Waals surface area contributed by atoms with Crippen molar-refractivity contribution in [2.24, 2.45) is 11.8 Å². The summed E-state index contributed by atoms with van der Waals surface area (Å²) in [4.78, 5) is 0. The largest absolute Gasteiger partial charge is 0.375 e. The molecule has 0 spiro atoms. The van der Waals surface area contributed by atoms with E-state index in [9.17, 15) is 0 Å². The number of rotatable bonds is 2. The smallest absolute Gasteiger partial charge is 0.0644 e. The molecule has 15 heavy (non-hydrogen) atoms. The van der Waals surface area contributed by atoms with Gasteiger partial charge in [-0.25, -0.2) is 0 Å². The van der Waals surface area contributed by atoms with Gasteiger partial charge in [0.15, 0.2) is 0 Å². The van der Waals surface area contributed by atoms with Crippen LogP contribution in [0, 0.1) is 11.8 Å². The summed E-state index contributed by atoms with van der Waals surface area (Å²) in [6, 6.07) is 0. The van der Waals surface area contributed by atoms with E-state index in [2.05, 4.69) is 46.4 Å². The van der Waals surface area contributed by atoms with E-state index in [1.165, 1.54) is 12.0 Å². The molecular weight excluding hydrogens is 184 g/mol. The van der Waals surface area contributed by atoms with Gasteiger partial charge in [0, 0.05) is 0 Å². The Kier molecular flexibility index (Phi) is 4.63. The lowest BCUT2D eigenvalue weighted by molar-refractivity contribution is -0.0245. The summed E-state index contributed by atoms with van der Waals surface area (Å²) < 4.78 is 5.94. The molecule has 1 aliphatic rings. The van der Waals surface area contributed by atoms with Crippen molar-refractivity contribution in [3.05, 3.63) is 17.4 Å². The van der Waals surface area contributed by atoms with Crippen molar-refractivity contribution in [3.8, 4) is 0 Å². The minimum absolute atomic E-state index is 0.325.